The predicted molar refractivity (Wildman–Crippen MR) is 58.4 cm³/mol. The first-order valence-electron chi connectivity index (χ1n) is 4.78. The zero-order chi connectivity index (χ0) is 12.4. The van der Waals surface area contributed by atoms with Crippen molar-refractivity contribution in [2.24, 2.45) is 0 Å². The first kappa shape index (κ1) is 11.2. The molecule has 17 heavy (non-hydrogen) atoms. The molecular formula is C12H7F2NO2. The summed E-state index contributed by atoms with van der Waals surface area (Å²) in [4.78, 5) is 10.0. The average Bonchev–Trinajstić information content (AvgIpc) is 2.30. The third-order valence-corrected chi connectivity index (χ3v) is 2.32. The maximum Gasteiger partial charge on any atom is 0.280 e. The van der Waals surface area contributed by atoms with Gasteiger partial charge in [0.05, 0.1) is 16.6 Å². The molecular weight excluding hydrogens is 228 g/mol. The number of hydrogen-bond donors (Lipinski definition) is 0. The van der Waals surface area contributed by atoms with Gasteiger partial charge in [0.25, 0.3) is 5.69 Å². The van der Waals surface area contributed by atoms with Gasteiger partial charge in [0.15, 0.2) is 0 Å². The van der Waals surface area contributed by atoms with Gasteiger partial charge in [0, 0.05) is 5.56 Å². The normalized spacial score (nSPS) is 10.2. The molecule has 0 spiro atoms. The van der Waals surface area contributed by atoms with Gasteiger partial charge >= 0.3 is 0 Å². The summed E-state index contributed by atoms with van der Waals surface area (Å²) in [5.74, 6) is -1.31. The Morgan fingerprint density at radius 3 is 2.35 bits per heavy atom. The number of rotatable bonds is 2. The second-order valence-electron chi connectivity index (χ2n) is 3.40. The van der Waals surface area contributed by atoms with Gasteiger partial charge in [-0.1, -0.05) is 18.2 Å². The maximum absolute atomic E-state index is 13.5. The molecule has 0 atom stereocenters. The van der Waals surface area contributed by atoms with Gasteiger partial charge in [-0.25, -0.2) is 8.78 Å². The minimum Gasteiger partial charge on any atom is -0.258 e. The van der Waals surface area contributed by atoms with E-state index in [-0.39, 0.29) is 11.1 Å². The first-order chi connectivity index (χ1) is 8.09. The smallest absolute Gasteiger partial charge is 0.258 e. The fraction of sp³-hybridized carbons (Fsp3) is 0. The van der Waals surface area contributed by atoms with Crippen LogP contribution in [0.3, 0.4) is 0 Å². The van der Waals surface area contributed by atoms with Crippen LogP contribution in [0.5, 0.6) is 0 Å². The quantitative estimate of drug-likeness (QED) is 0.590. The second kappa shape index (κ2) is 4.29. The number of hydrogen-bond acceptors (Lipinski definition) is 2. The van der Waals surface area contributed by atoms with E-state index in [2.05, 4.69) is 0 Å². The second-order valence-corrected chi connectivity index (χ2v) is 3.40. The van der Waals surface area contributed by atoms with Crippen LogP contribution in [0, 0.1) is 21.7 Å². The lowest BCUT2D eigenvalue weighted by Gasteiger charge is -2.04. The van der Waals surface area contributed by atoms with Crippen LogP contribution in [-0.4, -0.2) is 4.92 Å². The van der Waals surface area contributed by atoms with Crippen LogP contribution in [0.2, 0.25) is 0 Å². The van der Waals surface area contributed by atoms with Crippen LogP contribution in [0.15, 0.2) is 42.5 Å². The monoisotopic (exact) mass is 235 g/mol. The summed E-state index contributed by atoms with van der Waals surface area (Å²) in [5.41, 5.74) is -0.302. The van der Waals surface area contributed by atoms with Gasteiger partial charge in [-0.2, -0.15) is 0 Å². The summed E-state index contributed by atoms with van der Waals surface area (Å²) in [6.45, 7) is 0. The maximum atomic E-state index is 13.5. The fourth-order valence-electron chi connectivity index (χ4n) is 1.56. The van der Waals surface area contributed by atoms with E-state index in [4.69, 9.17) is 0 Å². The number of benzene rings is 2. The molecule has 0 aliphatic carbocycles. The third-order valence-electron chi connectivity index (χ3n) is 2.32. The van der Waals surface area contributed by atoms with Crippen LogP contribution in [-0.2, 0) is 0 Å². The van der Waals surface area contributed by atoms with Gasteiger partial charge < -0.3 is 0 Å². The van der Waals surface area contributed by atoms with Gasteiger partial charge in [-0.05, 0) is 18.2 Å². The van der Waals surface area contributed by atoms with Crippen molar-refractivity contribution in [2.45, 2.75) is 0 Å². The Hall–Kier alpha value is -2.30. The summed E-state index contributed by atoms with van der Waals surface area (Å²) in [7, 11) is 0. The highest BCUT2D eigenvalue weighted by atomic mass is 19.1. The van der Waals surface area contributed by atoms with E-state index in [0.717, 1.165) is 12.1 Å². The summed E-state index contributed by atoms with van der Waals surface area (Å²) >= 11 is 0. The van der Waals surface area contributed by atoms with Crippen LogP contribution < -0.4 is 0 Å². The molecule has 0 heterocycles. The topological polar surface area (TPSA) is 43.1 Å². The summed E-state index contributed by atoms with van der Waals surface area (Å²) in [6, 6.07) is 8.69. The molecule has 0 radical (unpaired) electrons. The highest BCUT2D eigenvalue weighted by Crippen LogP contribution is 2.31. The van der Waals surface area contributed by atoms with Crippen LogP contribution in [0.1, 0.15) is 0 Å². The highest BCUT2D eigenvalue weighted by molar-refractivity contribution is 5.73. The lowest BCUT2D eigenvalue weighted by molar-refractivity contribution is -0.384. The van der Waals surface area contributed by atoms with E-state index >= 15 is 0 Å². The molecule has 0 aliphatic heterocycles. The molecule has 2 aromatic carbocycles. The predicted octanol–water partition coefficient (Wildman–Crippen LogP) is 3.54. The summed E-state index contributed by atoms with van der Waals surface area (Å²) in [5, 5.41) is 10.8. The molecule has 2 aromatic rings. The van der Waals surface area contributed by atoms with Crippen LogP contribution in [0.25, 0.3) is 11.1 Å². The standard InChI is InChI=1S/C12H7F2NO2/c13-8-5-6-10(12(7-8)15(16)17)9-3-1-2-4-11(9)14/h1-7H. The Morgan fingerprint density at radius 2 is 1.71 bits per heavy atom. The van der Waals surface area contributed by atoms with Crippen molar-refractivity contribution in [3.63, 3.8) is 0 Å². The number of halogens is 2. The van der Waals surface area contributed by atoms with E-state index < -0.39 is 22.2 Å². The van der Waals surface area contributed by atoms with Crippen molar-refractivity contribution in [1.29, 1.82) is 0 Å². The van der Waals surface area contributed by atoms with Gasteiger partial charge in [-0.15, -0.1) is 0 Å². The summed E-state index contributed by atoms with van der Waals surface area (Å²) in [6.07, 6.45) is 0. The Kier molecular flexibility index (Phi) is 2.82. The zero-order valence-electron chi connectivity index (χ0n) is 8.56. The largest absolute Gasteiger partial charge is 0.280 e. The molecule has 86 valence electrons. The molecule has 0 saturated heterocycles. The van der Waals surface area contributed by atoms with Crippen LogP contribution >= 0.6 is 0 Å². The highest BCUT2D eigenvalue weighted by Gasteiger charge is 2.18. The van der Waals surface area contributed by atoms with Crippen molar-refractivity contribution < 1.29 is 13.7 Å². The molecule has 5 heteroatoms. The third kappa shape index (κ3) is 2.13. The molecule has 0 aromatic heterocycles. The molecule has 0 unspecified atom stereocenters. The van der Waals surface area contributed by atoms with Gasteiger partial charge in [0.1, 0.15) is 11.6 Å². The lowest BCUT2D eigenvalue weighted by Crippen LogP contribution is -1.94. The number of nitro groups is 1. The molecule has 0 bridgehead atoms. The molecule has 0 amide bonds. The number of nitro benzene ring substituents is 1. The Balaban J connectivity index is 2.68. The molecule has 0 saturated carbocycles. The van der Waals surface area contributed by atoms with Gasteiger partial charge in [0.2, 0.25) is 0 Å². The molecule has 0 fully saturated rings. The van der Waals surface area contributed by atoms with E-state index in [1.807, 2.05) is 0 Å². The fourth-order valence-corrected chi connectivity index (χ4v) is 1.56. The SMILES string of the molecule is O=[N+]([O-])c1cc(F)ccc1-c1ccccc1F. The minimum absolute atomic E-state index is 0.0644. The van der Waals surface area contributed by atoms with E-state index in [9.17, 15) is 18.9 Å². The van der Waals surface area contributed by atoms with Crippen molar-refractivity contribution >= 4 is 5.69 Å². The minimum atomic E-state index is -0.731. The Morgan fingerprint density at radius 1 is 1.00 bits per heavy atom. The molecule has 0 N–H and O–H groups in total. The Labute approximate surface area is 95.5 Å². The van der Waals surface area contributed by atoms with Crippen molar-refractivity contribution in [3.05, 3.63) is 64.2 Å². The van der Waals surface area contributed by atoms with E-state index in [0.29, 0.717) is 0 Å². The van der Waals surface area contributed by atoms with Gasteiger partial charge in [-0.3, -0.25) is 10.1 Å². The van der Waals surface area contributed by atoms with Crippen molar-refractivity contribution in [1.82, 2.24) is 0 Å². The Bertz CT molecular complexity index is 584. The van der Waals surface area contributed by atoms with Crippen molar-refractivity contribution in [2.75, 3.05) is 0 Å². The van der Waals surface area contributed by atoms with Crippen molar-refractivity contribution in [3.8, 4) is 11.1 Å². The first-order valence-corrected chi connectivity index (χ1v) is 4.78. The average molecular weight is 235 g/mol. The molecule has 2 rings (SSSR count). The molecule has 0 aliphatic rings. The zero-order valence-corrected chi connectivity index (χ0v) is 8.56. The summed E-state index contributed by atoms with van der Waals surface area (Å²) < 4.78 is 26.4. The molecule has 3 nitrogen and oxygen atoms in total. The lowest BCUT2D eigenvalue weighted by atomic mass is 10.0. The number of nitrogens with zero attached hydrogens (tertiary/aromatic N) is 1. The van der Waals surface area contributed by atoms with Crippen LogP contribution in [0.4, 0.5) is 14.5 Å². The van der Waals surface area contributed by atoms with E-state index in [1.165, 1.54) is 24.3 Å². The van der Waals surface area contributed by atoms with E-state index in [1.54, 1.807) is 6.07 Å².